The van der Waals surface area contributed by atoms with Gasteiger partial charge in [0, 0.05) is 22.3 Å². The molecule has 0 atom stereocenters. The van der Waals surface area contributed by atoms with Crippen molar-refractivity contribution in [2.45, 2.75) is 0 Å². The summed E-state index contributed by atoms with van der Waals surface area (Å²) in [5.41, 5.74) is 4.22. The molecule has 0 aliphatic rings. The molecule has 5 aromatic rings. The van der Waals surface area contributed by atoms with E-state index in [1.807, 2.05) is 54.6 Å². The minimum Gasteiger partial charge on any atom is -0.452 e. The number of hydrogen-bond acceptors (Lipinski definition) is 5. The van der Waals surface area contributed by atoms with Crippen LogP contribution in [0.15, 0.2) is 75.9 Å². The van der Waals surface area contributed by atoms with E-state index in [0.29, 0.717) is 22.8 Å². The zero-order valence-corrected chi connectivity index (χ0v) is 15.0. The first-order valence-corrected chi connectivity index (χ1v) is 8.81. The number of fused-ring (bicyclic) bond motifs is 3. The molecule has 4 heterocycles. The molecule has 5 rings (SSSR count). The number of pyridine rings is 2. The van der Waals surface area contributed by atoms with Crippen molar-refractivity contribution in [2.75, 3.05) is 0 Å². The average Bonchev–Trinajstić information content (AvgIpc) is 3.06. The molecule has 0 saturated carbocycles. The fourth-order valence-corrected chi connectivity index (χ4v) is 3.26. The summed E-state index contributed by atoms with van der Waals surface area (Å²) in [6.07, 6.45) is 3.47. The third kappa shape index (κ3) is 2.46. The van der Waals surface area contributed by atoms with E-state index in [0.717, 1.165) is 26.7 Å². The average molecular weight is 403 g/mol. The van der Waals surface area contributed by atoms with Gasteiger partial charge in [-0.05, 0) is 42.5 Å². The lowest BCUT2D eigenvalue weighted by atomic mass is 10.2. The van der Waals surface area contributed by atoms with Crippen LogP contribution in [-0.4, -0.2) is 19.9 Å². The number of halogens is 1. The highest BCUT2D eigenvalue weighted by Gasteiger charge is 2.19. The third-order valence-corrected chi connectivity index (χ3v) is 4.57. The van der Waals surface area contributed by atoms with Gasteiger partial charge in [-0.15, -0.1) is 0 Å². The Morgan fingerprint density at radius 1 is 0.808 bits per heavy atom. The van der Waals surface area contributed by atoms with Crippen molar-refractivity contribution in [3.8, 4) is 22.9 Å². The van der Waals surface area contributed by atoms with Gasteiger partial charge >= 0.3 is 0 Å². The zero-order chi connectivity index (χ0) is 17.5. The Morgan fingerprint density at radius 3 is 2.31 bits per heavy atom. The number of benzene rings is 1. The van der Waals surface area contributed by atoms with Crippen LogP contribution in [0.25, 0.3) is 45.0 Å². The molecule has 0 spiro atoms. The van der Waals surface area contributed by atoms with Crippen molar-refractivity contribution in [1.82, 2.24) is 19.9 Å². The lowest BCUT2D eigenvalue weighted by molar-refractivity contribution is 0.667. The van der Waals surface area contributed by atoms with Gasteiger partial charge in [-0.3, -0.25) is 9.97 Å². The van der Waals surface area contributed by atoms with Gasteiger partial charge in [0.15, 0.2) is 11.4 Å². The lowest BCUT2D eigenvalue weighted by Gasteiger charge is -2.04. The maximum Gasteiger partial charge on any atom is 0.181 e. The van der Waals surface area contributed by atoms with Crippen molar-refractivity contribution in [1.29, 1.82) is 0 Å². The summed E-state index contributed by atoms with van der Waals surface area (Å²) in [6, 6.07) is 17.2. The van der Waals surface area contributed by atoms with E-state index >= 15 is 0 Å². The van der Waals surface area contributed by atoms with Crippen LogP contribution in [0.1, 0.15) is 0 Å². The molecule has 0 amide bonds. The lowest BCUT2D eigenvalue weighted by Crippen LogP contribution is -1.96. The second-order valence-corrected chi connectivity index (χ2v) is 6.66. The summed E-state index contributed by atoms with van der Waals surface area (Å²) in [7, 11) is 0. The van der Waals surface area contributed by atoms with Crippen LogP contribution in [0.5, 0.6) is 0 Å². The summed E-state index contributed by atoms with van der Waals surface area (Å²) in [5.74, 6) is 0.543. The molecule has 26 heavy (non-hydrogen) atoms. The molecule has 0 fully saturated rings. The molecule has 5 nitrogen and oxygen atoms in total. The van der Waals surface area contributed by atoms with Gasteiger partial charge in [0.2, 0.25) is 0 Å². The molecular weight excluding hydrogens is 392 g/mol. The Balaban J connectivity index is 1.90. The number of rotatable bonds is 2. The number of nitrogens with zero attached hydrogens (tertiary/aromatic N) is 4. The quantitative estimate of drug-likeness (QED) is 0.402. The van der Waals surface area contributed by atoms with Gasteiger partial charge in [-0.2, -0.15) is 0 Å². The molecule has 0 unspecified atom stereocenters. The molecule has 124 valence electrons. The predicted octanol–water partition coefficient (Wildman–Crippen LogP) is 5.26. The fourth-order valence-electron chi connectivity index (χ4n) is 2.90. The molecule has 6 heteroatoms. The molecule has 0 aliphatic heterocycles. The molecule has 0 aliphatic carbocycles. The van der Waals surface area contributed by atoms with Crippen molar-refractivity contribution >= 4 is 38.0 Å². The monoisotopic (exact) mass is 402 g/mol. The van der Waals surface area contributed by atoms with E-state index in [4.69, 9.17) is 14.4 Å². The minimum absolute atomic E-state index is 0.543. The smallest absolute Gasteiger partial charge is 0.181 e. The van der Waals surface area contributed by atoms with Gasteiger partial charge in [0.1, 0.15) is 22.5 Å². The van der Waals surface area contributed by atoms with E-state index in [2.05, 4.69) is 25.9 Å². The molecule has 0 saturated heterocycles. The van der Waals surface area contributed by atoms with Crippen LogP contribution in [0.3, 0.4) is 0 Å². The van der Waals surface area contributed by atoms with E-state index in [9.17, 15) is 0 Å². The Bertz CT molecular complexity index is 1240. The standard InChI is InChI=1S/C20H11BrN4O/c21-12-7-8-16-13(11-12)17-19(26-16)18(14-5-1-3-9-22-14)25-20(24-17)15-6-2-4-10-23-15/h1-11H. The van der Waals surface area contributed by atoms with Crippen LogP contribution in [0.4, 0.5) is 0 Å². The van der Waals surface area contributed by atoms with Crippen LogP contribution < -0.4 is 0 Å². The number of aromatic nitrogens is 4. The topological polar surface area (TPSA) is 64.7 Å². The highest BCUT2D eigenvalue weighted by atomic mass is 79.9. The van der Waals surface area contributed by atoms with E-state index < -0.39 is 0 Å². The van der Waals surface area contributed by atoms with Gasteiger partial charge in [0.05, 0.1) is 5.69 Å². The van der Waals surface area contributed by atoms with E-state index in [1.54, 1.807) is 12.4 Å². The highest BCUT2D eigenvalue weighted by Crippen LogP contribution is 2.35. The van der Waals surface area contributed by atoms with Crippen LogP contribution in [0.2, 0.25) is 0 Å². The summed E-state index contributed by atoms with van der Waals surface area (Å²) >= 11 is 3.52. The predicted molar refractivity (Wildman–Crippen MR) is 103 cm³/mol. The minimum atomic E-state index is 0.543. The number of hydrogen-bond donors (Lipinski definition) is 0. The number of furan rings is 1. The normalized spacial score (nSPS) is 11.3. The Hall–Kier alpha value is -3.12. The van der Waals surface area contributed by atoms with Crippen molar-refractivity contribution in [3.05, 3.63) is 71.5 Å². The van der Waals surface area contributed by atoms with Gasteiger partial charge in [0.25, 0.3) is 0 Å². The molecule has 4 aromatic heterocycles. The largest absolute Gasteiger partial charge is 0.452 e. The molecule has 0 radical (unpaired) electrons. The van der Waals surface area contributed by atoms with Gasteiger partial charge < -0.3 is 4.42 Å². The Kier molecular flexibility index (Phi) is 3.50. The first-order valence-electron chi connectivity index (χ1n) is 8.02. The first-order chi connectivity index (χ1) is 12.8. The maximum absolute atomic E-state index is 6.08. The van der Waals surface area contributed by atoms with Crippen LogP contribution >= 0.6 is 15.9 Å². The second-order valence-electron chi connectivity index (χ2n) is 5.75. The maximum atomic E-state index is 6.08. The third-order valence-electron chi connectivity index (χ3n) is 4.08. The Labute approximate surface area is 156 Å². The molecular formula is C20H11BrN4O. The van der Waals surface area contributed by atoms with Gasteiger partial charge in [-0.25, -0.2) is 9.97 Å². The van der Waals surface area contributed by atoms with Crippen LogP contribution in [0, 0.1) is 0 Å². The second kappa shape index (κ2) is 6.00. The summed E-state index contributed by atoms with van der Waals surface area (Å²) in [5, 5.41) is 0.922. The molecule has 0 N–H and O–H groups in total. The summed E-state index contributed by atoms with van der Waals surface area (Å²) in [4.78, 5) is 18.3. The van der Waals surface area contributed by atoms with Gasteiger partial charge in [-0.1, -0.05) is 28.1 Å². The van der Waals surface area contributed by atoms with Crippen molar-refractivity contribution in [3.63, 3.8) is 0 Å². The van der Waals surface area contributed by atoms with Crippen molar-refractivity contribution < 1.29 is 4.42 Å². The zero-order valence-electron chi connectivity index (χ0n) is 13.4. The summed E-state index contributed by atoms with van der Waals surface area (Å²) in [6.45, 7) is 0. The molecule has 0 bridgehead atoms. The highest BCUT2D eigenvalue weighted by molar-refractivity contribution is 9.10. The van der Waals surface area contributed by atoms with Crippen molar-refractivity contribution in [2.24, 2.45) is 0 Å². The van der Waals surface area contributed by atoms with Crippen LogP contribution in [-0.2, 0) is 0 Å². The first kappa shape index (κ1) is 15.2. The fraction of sp³-hybridized carbons (Fsp3) is 0. The Morgan fingerprint density at radius 2 is 1.58 bits per heavy atom. The van der Waals surface area contributed by atoms with E-state index in [1.165, 1.54) is 0 Å². The summed E-state index contributed by atoms with van der Waals surface area (Å²) < 4.78 is 7.04. The van der Waals surface area contributed by atoms with E-state index in [-0.39, 0.29) is 0 Å². The molecule has 1 aromatic carbocycles. The SMILES string of the molecule is Brc1ccc2oc3c(-c4ccccn4)nc(-c4ccccn4)nc3c2c1.